The van der Waals surface area contributed by atoms with Crippen molar-refractivity contribution in [3.8, 4) is 0 Å². The fraction of sp³-hybridized carbons (Fsp3) is 0.444. The normalized spacial score (nSPS) is 15.8. The fourth-order valence-electron chi connectivity index (χ4n) is 1.62. The summed E-state index contributed by atoms with van der Waals surface area (Å²) in [6.45, 7) is 1.84. The van der Waals surface area contributed by atoms with Gasteiger partial charge in [0.25, 0.3) is 5.56 Å². The molecule has 0 spiro atoms. The van der Waals surface area contributed by atoms with Crippen LogP contribution in [0.1, 0.15) is 11.3 Å². The number of aromatic nitrogens is 1. The molecule has 1 aliphatic rings. The molecule has 0 bridgehead atoms. The van der Waals surface area contributed by atoms with Crippen LogP contribution in [-0.4, -0.2) is 11.1 Å². The molecule has 0 atom stereocenters. The lowest BCUT2D eigenvalue weighted by atomic mass is 10.1. The largest absolute Gasteiger partial charge is 0.314 e. The second-order valence-corrected chi connectivity index (χ2v) is 3.13. The number of nitrogens with one attached hydrogen (secondary N) is 1. The second kappa shape index (κ2) is 2.75. The molecule has 1 aromatic rings. The molecule has 1 N–H and O–H groups in total. The highest BCUT2D eigenvalue weighted by atomic mass is 16.1. The summed E-state index contributed by atoms with van der Waals surface area (Å²) in [6.07, 6.45) is 1.03. The zero-order valence-electron chi connectivity index (χ0n) is 7.13. The monoisotopic (exact) mass is 164 g/mol. The van der Waals surface area contributed by atoms with Gasteiger partial charge in [0, 0.05) is 25.4 Å². The molecule has 0 aromatic carbocycles. The average Bonchev–Trinajstić information content (AvgIpc) is 2.12. The SMILES string of the molecule is Cn1c2c(ccc1=O)CCNC2. The van der Waals surface area contributed by atoms with Crippen LogP contribution < -0.4 is 10.9 Å². The number of hydrogen-bond donors (Lipinski definition) is 1. The van der Waals surface area contributed by atoms with Gasteiger partial charge in [0.1, 0.15) is 0 Å². The highest BCUT2D eigenvalue weighted by molar-refractivity contribution is 5.23. The van der Waals surface area contributed by atoms with Gasteiger partial charge < -0.3 is 9.88 Å². The summed E-state index contributed by atoms with van der Waals surface area (Å²) >= 11 is 0. The van der Waals surface area contributed by atoms with Crippen LogP contribution in [0.2, 0.25) is 0 Å². The van der Waals surface area contributed by atoms with E-state index in [1.54, 1.807) is 10.6 Å². The number of pyridine rings is 1. The first-order valence-corrected chi connectivity index (χ1v) is 4.17. The van der Waals surface area contributed by atoms with E-state index >= 15 is 0 Å². The Morgan fingerprint density at radius 1 is 1.50 bits per heavy atom. The summed E-state index contributed by atoms with van der Waals surface area (Å²) in [5.74, 6) is 0. The maximum Gasteiger partial charge on any atom is 0.250 e. The van der Waals surface area contributed by atoms with Crippen molar-refractivity contribution in [3.63, 3.8) is 0 Å². The summed E-state index contributed by atoms with van der Waals surface area (Å²) in [5, 5.41) is 3.25. The van der Waals surface area contributed by atoms with E-state index in [-0.39, 0.29) is 5.56 Å². The van der Waals surface area contributed by atoms with Gasteiger partial charge in [-0.1, -0.05) is 6.07 Å². The lowest BCUT2D eigenvalue weighted by Crippen LogP contribution is -2.31. The van der Waals surface area contributed by atoms with Crippen molar-refractivity contribution in [1.82, 2.24) is 9.88 Å². The highest BCUT2D eigenvalue weighted by Crippen LogP contribution is 2.09. The van der Waals surface area contributed by atoms with E-state index in [1.165, 1.54) is 5.56 Å². The molecule has 0 unspecified atom stereocenters. The van der Waals surface area contributed by atoms with E-state index in [1.807, 2.05) is 13.1 Å². The molecule has 0 radical (unpaired) electrons. The third-order valence-corrected chi connectivity index (χ3v) is 2.40. The quantitative estimate of drug-likeness (QED) is 0.587. The Kier molecular flexibility index (Phi) is 1.73. The van der Waals surface area contributed by atoms with Crippen LogP contribution in [0.5, 0.6) is 0 Å². The molecule has 12 heavy (non-hydrogen) atoms. The summed E-state index contributed by atoms with van der Waals surface area (Å²) in [7, 11) is 1.83. The zero-order chi connectivity index (χ0) is 8.55. The third kappa shape index (κ3) is 1.06. The maximum absolute atomic E-state index is 11.2. The summed E-state index contributed by atoms with van der Waals surface area (Å²) in [5.41, 5.74) is 2.52. The van der Waals surface area contributed by atoms with Gasteiger partial charge in [-0.2, -0.15) is 0 Å². The summed E-state index contributed by atoms with van der Waals surface area (Å²) in [4.78, 5) is 11.2. The van der Waals surface area contributed by atoms with E-state index in [2.05, 4.69) is 5.32 Å². The Morgan fingerprint density at radius 2 is 2.33 bits per heavy atom. The van der Waals surface area contributed by atoms with Crippen LogP contribution in [0.15, 0.2) is 16.9 Å². The van der Waals surface area contributed by atoms with Crippen molar-refractivity contribution in [2.24, 2.45) is 7.05 Å². The Balaban J connectivity index is 2.61. The molecule has 0 saturated heterocycles. The number of nitrogens with zero attached hydrogens (tertiary/aromatic N) is 1. The van der Waals surface area contributed by atoms with Crippen molar-refractivity contribution in [2.75, 3.05) is 6.54 Å². The molecular weight excluding hydrogens is 152 g/mol. The standard InChI is InChI=1S/C9H12N2O/c1-11-8-6-10-5-4-7(8)2-3-9(11)12/h2-3,10H,4-6H2,1H3. The molecule has 2 heterocycles. The summed E-state index contributed by atoms with van der Waals surface area (Å²) < 4.78 is 1.72. The second-order valence-electron chi connectivity index (χ2n) is 3.13. The van der Waals surface area contributed by atoms with Crippen LogP contribution in [0.25, 0.3) is 0 Å². The minimum Gasteiger partial charge on any atom is -0.314 e. The highest BCUT2D eigenvalue weighted by Gasteiger charge is 2.10. The topological polar surface area (TPSA) is 34.0 Å². The van der Waals surface area contributed by atoms with E-state index in [4.69, 9.17) is 0 Å². The number of hydrogen-bond acceptors (Lipinski definition) is 2. The molecule has 3 nitrogen and oxygen atoms in total. The predicted octanol–water partition coefficient (Wildman–Crippen LogP) is 0.0310. The molecule has 0 fully saturated rings. The first-order chi connectivity index (χ1) is 5.79. The van der Waals surface area contributed by atoms with Crippen molar-refractivity contribution in [3.05, 3.63) is 33.7 Å². The van der Waals surface area contributed by atoms with Gasteiger partial charge in [-0.15, -0.1) is 0 Å². The molecule has 2 rings (SSSR count). The van der Waals surface area contributed by atoms with Crippen LogP contribution in [0, 0.1) is 0 Å². The lowest BCUT2D eigenvalue weighted by molar-refractivity contribution is 0.590. The fourth-order valence-corrected chi connectivity index (χ4v) is 1.62. The van der Waals surface area contributed by atoms with Crippen molar-refractivity contribution >= 4 is 0 Å². The van der Waals surface area contributed by atoms with Crippen LogP contribution in [0.3, 0.4) is 0 Å². The smallest absolute Gasteiger partial charge is 0.250 e. The number of fused-ring (bicyclic) bond motifs is 1. The molecule has 0 saturated carbocycles. The van der Waals surface area contributed by atoms with E-state index in [0.717, 1.165) is 25.2 Å². The minimum atomic E-state index is 0.0810. The van der Waals surface area contributed by atoms with Gasteiger partial charge in [-0.25, -0.2) is 0 Å². The lowest BCUT2D eigenvalue weighted by Gasteiger charge is -2.19. The van der Waals surface area contributed by atoms with Crippen LogP contribution in [-0.2, 0) is 20.0 Å². The van der Waals surface area contributed by atoms with Gasteiger partial charge in [-0.3, -0.25) is 4.79 Å². The molecule has 1 aromatic heterocycles. The molecule has 0 aliphatic carbocycles. The number of rotatable bonds is 0. The Labute approximate surface area is 71.0 Å². The van der Waals surface area contributed by atoms with E-state index in [0.29, 0.717) is 0 Å². The van der Waals surface area contributed by atoms with Crippen molar-refractivity contribution < 1.29 is 0 Å². The molecular formula is C9H12N2O. The van der Waals surface area contributed by atoms with E-state index in [9.17, 15) is 4.79 Å². The average molecular weight is 164 g/mol. The van der Waals surface area contributed by atoms with Gasteiger partial charge >= 0.3 is 0 Å². The zero-order valence-corrected chi connectivity index (χ0v) is 7.13. The van der Waals surface area contributed by atoms with Crippen molar-refractivity contribution in [2.45, 2.75) is 13.0 Å². The Bertz CT molecular complexity index is 354. The first-order valence-electron chi connectivity index (χ1n) is 4.17. The van der Waals surface area contributed by atoms with Crippen LogP contribution >= 0.6 is 0 Å². The molecule has 0 amide bonds. The Hall–Kier alpha value is -1.09. The third-order valence-electron chi connectivity index (χ3n) is 2.40. The predicted molar refractivity (Wildman–Crippen MR) is 47.1 cm³/mol. The molecule has 64 valence electrons. The summed E-state index contributed by atoms with van der Waals surface area (Å²) in [6, 6.07) is 3.59. The molecule has 1 aliphatic heterocycles. The van der Waals surface area contributed by atoms with Crippen LogP contribution in [0.4, 0.5) is 0 Å². The maximum atomic E-state index is 11.2. The van der Waals surface area contributed by atoms with E-state index < -0.39 is 0 Å². The van der Waals surface area contributed by atoms with Gasteiger partial charge in [0.05, 0.1) is 0 Å². The van der Waals surface area contributed by atoms with Gasteiger partial charge in [-0.05, 0) is 18.5 Å². The minimum absolute atomic E-state index is 0.0810. The Morgan fingerprint density at radius 3 is 3.17 bits per heavy atom. The van der Waals surface area contributed by atoms with Gasteiger partial charge in [0.15, 0.2) is 0 Å². The van der Waals surface area contributed by atoms with Crippen molar-refractivity contribution in [1.29, 1.82) is 0 Å². The molecule has 3 heteroatoms. The van der Waals surface area contributed by atoms with Gasteiger partial charge in [0.2, 0.25) is 0 Å². The first kappa shape index (κ1) is 7.55.